The number of hydrogen-bond donors (Lipinski definition) is 2. The fourth-order valence-corrected chi connectivity index (χ4v) is 5.57. The summed E-state index contributed by atoms with van der Waals surface area (Å²) in [6.45, 7) is 1.90. The van der Waals surface area contributed by atoms with E-state index in [4.69, 9.17) is 0 Å². The molecular weight excluding hydrogens is 392 g/mol. The maximum Gasteiger partial charge on any atom is 0.229 e. The van der Waals surface area contributed by atoms with Crippen LogP contribution in [-0.4, -0.2) is 34.3 Å². The summed E-state index contributed by atoms with van der Waals surface area (Å²) in [7, 11) is -6.74. The van der Waals surface area contributed by atoms with E-state index in [1.807, 2.05) is 6.92 Å². The predicted octanol–water partition coefficient (Wildman–Crippen LogP) is 3.40. The molecule has 0 aliphatic heterocycles. The lowest BCUT2D eigenvalue weighted by atomic mass is 10.2. The predicted molar refractivity (Wildman–Crippen MR) is 105 cm³/mol. The van der Waals surface area contributed by atoms with Crippen molar-refractivity contribution < 1.29 is 16.8 Å². The van der Waals surface area contributed by atoms with Crippen LogP contribution < -0.4 is 4.72 Å². The van der Waals surface area contributed by atoms with E-state index in [1.165, 1.54) is 18.0 Å². The molecule has 9 heteroatoms. The van der Waals surface area contributed by atoms with E-state index in [2.05, 4.69) is 9.71 Å². The molecule has 0 spiro atoms. The standard InChI is InChI=1S/C17H18N2O4S3/c1-11-17(24-15-6-4-5-7-16(15)25(2,20)21)13-10-12(19-26(3,22)23)8-9-14(13)18-11/h4-10,18-19H,1-3H3. The third kappa shape index (κ3) is 4.05. The van der Waals surface area contributed by atoms with Gasteiger partial charge in [0.1, 0.15) is 0 Å². The van der Waals surface area contributed by atoms with E-state index in [0.29, 0.717) is 10.6 Å². The summed E-state index contributed by atoms with van der Waals surface area (Å²) in [5.74, 6) is 0. The molecule has 0 radical (unpaired) electrons. The molecule has 3 rings (SSSR count). The molecule has 1 heterocycles. The van der Waals surface area contributed by atoms with Crippen molar-refractivity contribution in [3.63, 3.8) is 0 Å². The molecule has 0 aliphatic rings. The van der Waals surface area contributed by atoms with Crippen LogP contribution in [0.4, 0.5) is 5.69 Å². The van der Waals surface area contributed by atoms with Crippen molar-refractivity contribution in [1.82, 2.24) is 4.98 Å². The fourth-order valence-electron chi connectivity index (χ4n) is 2.66. The Morgan fingerprint density at radius 1 is 1.00 bits per heavy atom. The van der Waals surface area contributed by atoms with Crippen molar-refractivity contribution in [2.45, 2.75) is 21.6 Å². The number of sulfone groups is 1. The number of benzene rings is 2. The summed E-state index contributed by atoms with van der Waals surface area (Å²) in [5, 5.41) is 0.824. The Hall–Kier alpha value is -1.97. The van der Waals surface area contributed by atoms with Crippen molar-refractivity contribution in [1.29, 1.82) is 0 Å². The Morgan fingerprint density at radius 3 is 2.35 bits per heavy atom. The van der Waals surface area contributed by atoms with Gasteiger partial charge in [0.15, 0.2) is 9.84 Å². The van der Waals surface area contributed by atoms with Crippen molar-refractivity contribution in [2.75, 3.05) is 17.2 Å². The molecule has 26 heavy (non-hydrogen) atoms. The Balaban J connectivity index is 2.11. The molecule has 2 aromatic carbocycles. The number of rotatable bonds is 5. The number of sulfonamides is 1. The second-order valence-electron chi connectivity index (χ2n) is 6.03. The Kier molecular flexibility index (Phi) is 4.80. The molecule has 3 aromatic rings. The summed E-state index contributed by atoms with van der Waals surface area (Å²) in [5.41, 5.74) is 2.18. The summed E-state index contributed by atoms with van der Waals surface area (Å²) in [6.07, 6.45) is 2.28. The minimum atomic E-state index is -3.38. The van der Waals surface area contributed by atoms with Gasteiger partial charge in [-0.15, -0.1) is 0 Å². The monoisotopic (exact) mass is 410 g/mol. The average Bonchev–Trinajstić information content (AvgIpc) is 2.81. The average molecular weight is 411 g/mol. The lowest BCUT2D eigenvalue weighted by Gasteiger charge is -2.08. The highest BCUT2D eigenvalue weighted by Crippen LogP contribution is 2.39. The minimum absolute atomic E-state index is 0.268. The third-order valence-electron chi connectivity index (χ3n) is 3.69. The number of anilines is 1. The zero-order valence-electron chi connectivity index (χ0n) is 14.4. The molecule has 0 aliphatic carbocycles. The van der Waals surface area contributed by atoms with Crippen LogP contribution in [0.1, 0.15) is 5.69 Å². The molecule has 2 N–H and O–H groups in total. The topological polar surface area (TPSA) is 96.1 Å². The summed E-state index contributed by atoms with van der Waals surface area (Å²) >= 11 is 1.34. The van der Waals surface area contributed by atoms with Gasteiger partial charge in [-0.25, -0.2) is 16.8 Å². The number of aryl methyl sites for hydroxylation is 1. The van der Waals surface area contributed by atoms with Crippen molar-refractivity contribution in [3.8, 4) is 0 Å². The van der Waals surface area contributed by atoms with Crippen molar-refractivity contribution in [2.24, 2.45) is 0 Å². The minimum Gasteiger partial charge on any atom is -0.358 e. The second kappa shape index (κ2) is 6.64. The van der Waals surface area contributed by atoms with E-state index in [9.17, 15) is 16.8 Å². The van der Waals surface area contributed by atoms with Gasteiger partial charge >= 0.3 is 0 Å². The number of aromatic nitrogens is 1. The molecule has 0 amide bonds. The molecule has 0 saturated heterocycles. The van der Waals surface area contributed by atoms with Crippen LogP contribution in [0, 0.1) is 6.92 Å². The van der Waals surface area contributed by atoms with Crippen molar-refractivity contribution in [3.05, 3.63) is 48.2 Å². The summed E-state index contributed by atoms with van der Waals surface area (Å²) in [4.78, 5) is 5.00. The van der Waals surface area contributed by atoms with Crippen LogP contribution in [0.5, 0.6) is 0 Å². The van der Waals surface area contributed by atoms with Gasteiger partial charge < -0.3 is 4.98 Å². The number of H-pyrrole nitrogens is 1. The van der Waals surface area contributed by atoms with Crippen LogP contribution in [0.3, 0.4) is 0 Å². The largest absolute Gasteiger partial charge is 0.358 e. The van der Waals surface area contributed by atoms with Gasteiger partial charge in [-0.3, -0.25) is 4.72 Å². The zero-order chi connectivity index (χ0) is 19.1. The number of fused-ring (bicyclic) bond motifs is 1. The molecule has 0 atom stereocenters. The first-order chi connectivity index (χ1) is 12.0. The highest BCUT2D eigenvalue weighted by Gasteiger charge is 2.17. The first-order valence-electron chi connectivity index (χ1n) is 7.62. The first kappa shape index (κ1) is 18.8. The van der Waals surface area contributed by atoms with Crippen LogP contribution in [0.2, 0.25) is 0 Å². The molecule has 1 aromatic heterocycles. The number of hydrogen-bond acceptors (Lipinski definition) is 5. The van der Waals surface area contributed by atoms with E-state index < -0.39 is 19.9 Å². The number of nitrogens with one attached hydrogen (secondary N) is 2. The van der Waals surface area contributed by atoms with E-state index in [-0.39, 0.29) is 4.90 Å². The molecule has 0 saturated carbocycles. The molecule has 6 nitrogen and oxygen atoms in total. The van der Waals surface area contributed by atoms with Gasteiger partial charge in [0.05, 0.1) is 11.2 Å². The lowest BCUT2D eigenvalue weighted by molar-refractivity contribution is 0.599. The van der Waals surface area contributed by atoms with Gasteiger partial charge in [-0.2, -0.15) is 0 Å². The molecular formula is C17H18N2O4S3. The SMILES string of the molecule is Cc1[nH]c2ccc(NS(C)(=O)=O)cc2c1Sc1ccccc1S(C)(=O)=O. The Morgan fingerprint density at radius 2 is 1.69 bits per heavy atom. The number of aromatic amines is 1. The molecule has 0 unspecified atom stereocenters. The summed E-state index contributed by atoms with van der Waals surface area (Å²) < 4.78 is 49.5. The maximum absolute atomic E-state index is 12.0. The summed E-state index contributed by atoms with van der Waals surface area (Å²) in [6, 6.07) is 12.0. The smallest absolute Gasteiger partial charge is 0.229 e. The normalized spacial score (nSPS) is 12.4. The molecule has 0 fully saturated rings. The van der Waals surface area contributed by atoms with Gasteiger partial charge in [-0.05, 0) is 37.3 Å². The fraction of sp³-hybridized carbons (Fsp3) is 0.176. The van der Waals surface area contributed by atoms with Gasteiger partial charge in [0.25, 0.3) is 0 Å². The third-order valence-corrected chi connectivity index (χ3v) is 6.89. The second-order valence-corrected chi connectivity index (χ2v) is 10.8. The quantitative estimate of drug-likeness (QED) is 0.672. The molecule has 138 valence electrons. The van der Waals surface area contributed by atoms with Crippen molar-refractivity contribution >= 4 is 48.2 Å². The van der Waals surface area contributed by atoms with Gasteiger partial charge in [-0.1, -0.05) is 23.9 Å². The van der Waals surface area contributed by atoms with Crippen LogP contribution in [0.25, 0.3) is 10.9 Å². The zero-order valence-corrected chi connectivity index (χ0v) is 16.8. The maximum atomic E-state index is 12.0. The Bertz CT molecular complexity index is 1200. The van der Waals surface area contributed by atoms with Gasteiger partial charge in [0.2, 0.25) is 10.0 Å². The van der Waals surface area contributed by atoms with Gasteiger partial charge in [0, 0.05) is 38.3 Å². The first-order valence-corrected chi connectivity index (χ1v) is 12.2. The van der Waals surface area contributed by atoms with E-state index in [1.54, 1.807) is 42.5 Å². The molecule has 0 bridgehead atoms. The Labute approximate surface area is 157 Å². The lowest BCUT2D eigenvalue weighted by Crippen LogP contribution is -2.09. The van der Waals surface area contributed by atoms with Crippen LogP contribution >= 0.6 is 11.8 Å². The highest BCUT2D eigenvalue weighted by atomic mass is 32.2. The van der Waals surface area contributed by atoms with E-state index >= 15 is 0 Å². The van der Waals surface area contributed by atoms with Crippen LogP contribution in [0.15, 0.2) is 57.2 Å². The van der Waals surface area contributed by atoms with E-state index in [0.717, 1.165) is 27.7 Å². The van der Waals surface area contributed by atoms with Crippen LogP contribution in [-0.2, 0) is 19.9 Å². The highest BCUT2D eigenvalue weighted by molar-refractivity contribution is 8.00.